The highest BCUT2D eigenvalue weighted by molar-refractivity contribution is 6.31. The number of hydrogen-bond donors (Lipinski definition) is 2. The van der Waals surface area contributed by atoms with E-state index in [0.717, 1.165) is 17.3 Å². The predicted molar refractivity (Wildman–Crippen MR) is 60.5 cm³/mol. The summed E-state index contributed by atoms with van der Waals surface area (Å²) in [6.07, 6.45) is 3.71. The summed E-state index contributed by atoms with van der Waals surface area (Å²) in [6, 6.07) is 6.18. The second-order valence-electron chi connectivity index (χ2n) is 3.78. The zero-order valence-corrected chi connectivity index (χ0v) is 8.85. The second kappa shape index (κ2) is 4.20. The van der Waals surface area contributed by atoms with Crippen LogP contribution in [0.25, 0.3) is 0 Å². The van der Waals surface area contributed by atoms with Crippen molar-refractivity contribution in [2.24, 2.45) is 0 Å². The van der Waals surface area contributed by atoms with E-state index in [2.05, 4.69) is 5.32 Å². The van der Waals surface area contributed by atoms with E-state index in [-0.39, 0.29) is 0 Å². The molecule has 0 unspecified atom stereocenters. The van der Waals surface area contributed by atoms with Gasteiger partial charge in [-0.1, -0.05) is 24.1 Å². The number of anilines is 1. The van der Waals surface area contributed by atoms with Gasteiger partial charge in [0, 0.05) is 16.8 Å². The van der Waals surface area contributed by atoms with Gasteiger partial charge in [0.15, 0.2) is 0 Å². The van der Waals surface area contributed by atoms with Gasteiger partial charge in [0.2, 0.25) is 0 Å². The maximum atomic E-state index is 6.14. The van der Waals surface area contributed by atoms with E-state index in [1.165, 1.54) is 24.8 Å². The van der Waals surface area contributed by atoms with Crippen LogP contribution in [0.3, 0.4) is 0 Å². The van der Waals surface area contributed by atoms with E-state index in [0.29, 0.717) is 6.04 Å². The Kier molecular flexibility index (Phi) is 2.94. The number of benzene rings is 1. The lowest BCUT2D eigenvalue weighted by atomic mass is 9.97. The summed E-state index contributed by atoms with van der Waals surface area (Å²) in [7, 11) is 0. The van der Waals surface area contributed by atoms with E-state index < -0.39 is 0 Å². The molecule has 1 atom stereocenters. The molecule has 3 heteroatoms. The standard InChI is InChI=1S/C11H15ClN2/c12-10-7-8(13)4-5-9(10)11-3-1-2-6-14-11/h4-5,7,11,14H,1-3,6,13H2/t11-/m1/s1. The smallest absolute Gasteiger partial charge is 0.0474 e. The molecule has 1 aliphatic heterocycles. The fourth-order valence-electron chi connectivity index (χ4n) is 1.94. The van der Waals surface area contributed by atoms with Crippen LogP contribution >= 0.6 is 11.6 Å². The Morgan fingerprint density at radius 3 is 2.86 bits per heavy atom. The highest BCUT2D eigenvalue weighted by Crippen LogP contribution is 2.29. The quantitative estimate of drug-likeness (QED) is 0.700. The van der Waals surface area contributed by atoms with Gasteiger partial charge in [-0.25, -0.2) is 0 Å². The van der Waals surface area contributed by atoms with E-state index >= 15 is 0 Å². The molecule has 14 heavy (non-hydrogen) atoms. The molecule has 2 nitrogen and oxygen atoms in total. The first kappa shape index (κ1) is 9.81. The summed E-state index contributed by atoms with van der Waals surface area (Å²) in [5, 5.41) is 4.25. The molecule has 0 aromatic heterocycles. The number of nitrogens with two attached hydrogens (primary N) is 1. The van der Waals surface area contributed by atoms with Gasteiger partial charge in [0.05, 0.1) is 0 Å². The fourth-order valence-corrected chi connectivity index (χ4v) is 2.26. The van der Waals surface area contributed by atoms with Gasteiger partial charge in [0.25, 0.3) is 0 Å². The molecule has 2 rings (SSSR count). The minimum absolute atomic E-state index is 0.414. The molecule has 0 bridgehead atoms. The van der Waals surface area contributed by atoms with Crippen molar-refractivity contribution in [3.63, 3.8) is 0 Å². The summed E-state index contributed by atoms with van der Waals surface area (Å²) in [5.74, 6) is 0. The first-order chi connectivity index (χ1) is 6.77. The highest BCUT2D eigenvalue weighted by Gasteiger charge is 2.16. The molecule has 0 amide bonds. The van der Waals surface area contributed by atoms with Crippen LogP contribution < -0.4 is 11.1 Å². The first-order valence-electron chi connectivity index (χ1n) is 5.05. The fraction of sp³-hybridized carbons (Fsp3) is 0.455. The van der Waals surface area contributed by atoms with Gasteiger partial charge in [0.1, 0.15) is 0 Å². The maximum absolute atomic E-state index is 6.14. The van der Waals surface area contributed by atoms with Gasteiger partial charge in [-0.05, 0) is 37.1 Å². The lowest BCUT2D eigenvalue weighted by Gasteiger charge is -2.24. The minimum atomic E-state index is 0.414. The van der Waals surface area contributed by atoms with Crippen molar-refractivity contribution in [2.45, 2.75) is 25.3 Å². The molecule has 0 saturated carbocycles. The van der Waals surface area contributed by atoms with E-state index in [9.17, 15) is 0 Å². The molecule has 1 saturated heterocycles. The van der Waals surface area contributed by atoms with Gasteiger partial charge < -0.3 is 11.1 Å². The number of rotatable bonds is 1. The molecule has 1 fully saturated rings. The topological polar surface area (TPSA) is 38.0 Å². The SMILES string of the molecule is Nc1ccc([C@H]2CCCCN2)c(Cl)c1. The van der Waals surface area contributed by atoms with E-state index in [4.69, 9.17) is 17.3 Å². The summed E-state index contributed by atoms with van der Waals surface area (Å²) in [4.78, 5) is 0. The van der Waals surface area contributed by atoms with Crippen molar-refractivity contribution in [1.29, 1.82) is 0 Å². The van der Waals surface area contributed by atoms with Crippen LogP contribution in [0.1, 0.15) is 30.9 Å². The number of nitrogen functional groups attached to an aromatic ring is 1. The summed E-state index contributed by atoms with van der Waals surface area (Å²) in [6.45, 7) is 1.09. The lowest BCUT2D eigenvalue weighted by molar-refractivity contribution is 0.412. The monoisotopic (exact) mass is 210 g/mol. The zero-order valence-electron chi connectivity index (χ0n) is 8.09. The molecule has 0 aliphatic carbocycles. The normalized spacial score (nSPS) is 22.2. The van der Waals surface area contributed by atoms with Crippen molar-refractivity contribution >= 4 is 17.3 Å². The van der Waals surface area contributed by atoms with Gasteiger partial charge in [-0.3, -0.25) is 0 Å². The third-order valence-corrected chi connectivity index (χ3v) is 3.04. The van der Waals surface area contributed by atoms with Crippen molar-refractivity contribution in [3.8, 4) is 0 Å². The van der Waals surface area contributed by atoms with Crippen molar-refractivity contribution < 1.29 is 0 Å². The number of piperidine rings is 1. The molecular weight excluding hydrogens is 196 g/mol. The summed E-state index contributed by atoms with van der Waals surface area (Å²) < 4.78 is 0. The number of hydrogen-bond acceptors (Lipinski definition) is 2. The minimum Gasteiger partial charge on any atom is -0.399 e. The molecule has 1 aliphatic rings. The molecular formula is C11H15ClN2. The van der Waals surface area contributed by atoms with Crippen molar-refractivity contribution in [2.75, 3.05) is 12.3 Å². The zero-order chi connectivity index (χ0) is 9.97. The van der Waals surface area contributed by atoms with E-state index in [1.54, 1.807) is 0 Å². The predicted octanol–water partition coefficient (Wildman–Crippen LogP) is 2.74. The van der Waals surface area contributed by atoms with Crippen molar-refractivity contribution in [3.05, 3.63) is 28.8 Å². The summed E-state index contributed by atoms with van der Waals surface area (Å²) >= 11 is 6.14. The molecule has 1 aromatic rings. The van der Waals surface area contributed by atoms with Crippen LogP contribution in [0.4, 0.5) is 5.69 Å². The van der Waals surface area contributed by atoms with Crippen LogP contribution in [0, 0.1) is 0 Å². The van der Waals surface area contributed by atoms with E-state index in [1.807, 2.05) is 18.2 Å². The lowest BCUT2D eigenvalue weighted by Crippen LogP contribution is -2.26. The highest BCUT2D eigenvalue weighted by atomic mass is 35.5. The average molecular weight is 211 g/mol. The third-order valence-electron chi connectivity index (χ3n) is 2.71. The molecule has 0 radical (unpaired) electrons. The maximum Gasteiger partial charge on any atom is 0.0474 e. The Morgan fingerprint density at radius 1 is 1.36 bits per heavy atom. The van der Waals surface area contributed by atoms with Crippen molar-refractivity contribution in [1.82, 2.24) is 5.32 Å². The second-order valence-corrected chi connectivity index (χ2v) is 4.19. The molecule has 1 heterocycles. The number of nitrogens with one attached hydrogen (secondary N) is 1. The largest absolute Gasteiger partial charge is 0.399 e. The molecule has 1 aromatic carbocycles. The van der Waals surface area contributed by atoms with Crippen LogP contribution in [0.15, 0.2) is 18.2 Å². The van der Waals surface area contributed by atoms with Gasteiger partial charge in [-0.15, -0.1) is 0 Å². The van der Waals surface area contributed by atoms with Gasteiger partial charge in [-0.2, -0.15) is 0 Å². The van der Waals surface area contributed by atoms with Crippen LogP contribution in [0.5, 0.6) is 0 Å². The Morgan fingerprint density at radius 2 is 2.21 bits per heavy atom. The summed E-state index contributed by atoms with van der Waals surface area (Å²) in [5.41, 5.74) is 7.56. The van der Waals surface area contributed by atoms with Gasteiger partial charge >= 0.3 is 0 Å². The Bertz CT molecular complexity index is 319. The Balaban J connectivity index is 2.22. The van der Waals surface area contributed by atoms with Crippen LogP contribution in [0.2, 0.25) is 5.02 Å². The third kappa shape index (κ3) is 2.02. The first-order valence-corrected chi connectivity index (χ1v) is 5.43. The molecule has 76 valence electrons. The van der Waals surface area contributed by atoms with Crippen LogP contribution in [-0.4, -0.2) is 6.54 Å². The Hall–Kier alpha value is -0.730. The average Bonchev–Trinajstić information content (AvgIpc) is 2.19. The Labute approximate surface area is 89.4 Å². The molecule has 3 N–H and O–H groups in total. The van der Waals surface area contributed by atoms with Crippen LogP contribution in [-0.2, 0) is 0 Å². The number of halogens is 1. The molecule has 0 spiro atoms.